The van der Waals surface area contributed by atoms with Crippen molar-refractivity contribution >= 4 is 35.8 Å². The Morgan fingerprint density at radius 1 is 0.984 bits per heavy atom. The van der Waals surface area contributed by atoms with Crippen molar-refractivity contribution in [3.63, 3.8) is 0 Å². The van der Waals surface area contributed by atoms with Crippen LogP contribution in [-0.4, -0.2) is 106 Å². The zero-order valence-corrected chi connectivity index (χ0v) is 37.7. The Hall–Kier alpha value is -4.64. The molecular weight excluding hydrogens is 808 g/mol. The highest BCUT2D eigenvalue weighted by Crippen LogP contribution is 2.56. The fraction of sp³-hybridized carbons (Fsp3) is 0.652. The van der Waals surface area contributed by atoms with Crippen LogP contribution in [0.1, 0.15) is 107 Å². The molecule has 2 bridgehead atoms. The van der Waals surface area contributed by atoms with Gasteiger partial charge < -0.3 is 48.5 Å². The van der Waals surface area contributed by atoms with E-state index in [2.05, 4.69) is 6.58 Å². The number of benzene rings is 1. The summed E-state index contributed by atoms with van der Waals surface area (Å²) >= 11 is 0. The molecule has 62 heavy (non-hydrogen) atoms. The molecule has 346 valence electrons. The third-order valence-electron chi connectivity index (χ3n) is 11.2. The molecule has 1 aromatic carbocycles. The number of ether oxygens (including phenoxy) is 7. The Bertz CT molecular complexity index is 1780. The van der Waals surface area contributed by atoms with E-state index in [1.54, 1.807) is 0 Å². The number of carbonyl (C=O) groups is 6. The molecule has 3 rings (SSSR count). The number of aliphatic carboxylic acids is 1. The van der Waals surface area contributed by atoms with Crippen molar-refractivity contribution in [2.24, 2.45) is 29.1 Å². The lowest BCUT2D eigenvalue weighted by molar-refractivity contribution is -0.375. The lowest BCUT2D eigenvalue weighted by Gasteiger charge is -2.49. The van der Waals surface area contributed by atoms with Gasteiger partial charge in [0.1, 0.15) is 12.2 Å². The number of allylic oxidation sites excluding steroid dienone is 1. The van der Waals surface area contributed by atoms with Crippen molar-refractivity contribution in [2.45, 2.75) is 149 Å². The number of carbonyl (C=O) groups excluding carboxylic acids is 5. The maximum Gasteiger partial charge on any atom is 0.348 e. The van der Waals surface area contributed by atoms with Crippen molar-refractivity contribution in [1.82, 2.24) is 0 Å². The number of hydrogen-bond acceptors (Lipinski definition) is 15. The van der Waals surface area contributed by atoms with E-state index in [0.717, 1.165) is 18.1 Å². The monoisotopic (exact) mass is 874 g/mol. The summed E-state index contributed by atoms with van der Waals surface area (Å²) in [6.07, 6.45) is -4.20. The van der Waals surface area contributed by atoms with Gasteiger partial charge in [-0.25, -0.2) is 19.2 Å². The highest BCUT2D eigenvalue weighted by atomic mass is 16.8. The lowest BCUT2D eigenvalue weighted by atomic mass is 9.74. The molecule has 0 spiro atoms. The van der Waals surface area contributed by atoms with Gasteiger partial charge >= 0.3 is 35.8 Å². The molecule has 10 atom stereocenters. The molecule has 3 N–H and O–H groups in total. The van der Waals surface area contributed by atoms with Crippen molar-refractivity contribution in [3.8, 4) is 0 Å². The van der Waals surface area contributed by atoms with E-state index in [1.807, 2.05) is 71.9 Å². The largest absolute Gasteiger partial charge is 0.479 e. The Balaban J connectivity index is 2.18. The fourth-order valence-electron chi connectivity index (χ4n) is 7.49. The van der Waals surface area contributed by atoms with Crippen LogP contribution in [0.25, 0.3) is 0 Å². The minimum absolute atomic E-state index is 0.0136. The van der Waals surface area contributed by atoms with Gasteiger partial charge in [0.05, 0.1) is 12.0 Å². The highest BCUT2D eigenvalue weighted by molar-refractivity contribution is 5.99. The second kappa shape index (κ2) is 21.6. The second-order valence-corrected chi connectivity index (χ2v) is 18.0. The number of esters is 5. The molecular formula is C46H66O16. The van der Waals surface area contributed by atoms with Crippen LogP contribution < -0.4 is 0 Å². The number of fused-ring (bicyclic) bond motifs is 2. The molecule has 0 radical (unpaired) electrons. The molecule has 2 heterocycles. The van der Waals surface area contributed by atoms with Crippen LogP contribution in [0.3, 0.4) is 0 Å². The molecule has 1 aromatic rings. The van der Waals surface area contributed by atoms with Gasteiger partial charge in [-0.2, -0.15) is 0 Å². The van der Waals surface area contributed by atoms with E-state index in [-0.39, 0.29) is 36.4 Å². The fourth-order valence-corrected chi connectivity index (χ4v) is 7.49. The average molecular weight is 875 g/mol. The quantitative estimate of drug-likeness (QED) is 0.0436. The van der Waals surface area contributed by atoms with Gasteiger partial charge in [-0.3, -0.25) is 9.59 Å². The molecule has 0 aliphatic carbocycles. The Morgan fingerprint density at radius 3 is 2.19 bits per heavy atom. The molecule has 0 aromatic heterocycles. The predicted molar refractivity (Wildman–Crippen MR) is 222 cm³/mol. The maximum absolute atomic E-state index is 14.2. The summed E-state index contributed by atoms with van der Waals surface area (Å²) in [5.74, 6) is -11.0. The number of hydrogen-bond donors (Lipinski definition) is 3. The zero-order chi connectivity index (χ0) is 46.8. The van der Waals surface area contributed by atoms with E-state index in [4.69, 9.17) is 33.2 Å². The maximum atomic E-state index is 14.2. The number of rotatable bonds is 22. The normalized spacial score (nSPS) is 26.5. The topological polar surface area (TPSA) is 228 Å². The molecule has 2 aliphatic rings. The van der Waals surface area contributed by atoms with Crippen LogP contribution in [0.4, 0.5) is 0 Å². The van der Waals surface area contributed by atoms with Gasteiger partial charge in [0.15, 0.2) is 6.10 Å². The Morgan fingerprint density at radius 2 is 1.63 bits per heavy atom. The van der Waals surface area contributed by atoms with Gasteiger partial charge in [-0.1, -0.05) is 91.0 Å². The minimum atomic E-state index is -3.77. The van der Waals surface area contributed by atoms with Gasteiger partial charge in [0.25, 0.3) is 0 Å². The van der Waals surface area contributed by atoms with Crippen LogP contribution in [0.15, 0.2) is 54.6 Å². The number of aliphatic hydroxyl groups is 2. The summed E-state index contributed by atoms with van der Waals surface area (Å²) in [6.45, 7) is 19.9. The first-order chi connectivity index (χ1) is 28.9. The SMILES string of the molecule is C=C(CCC12OC(C(=O)OCCC(C)C)C(O)(C(=O)OCOC(=O)C(C)(C)C)C(C(=O)O)(O1)[C@H](OC(=O)/C=C/[C@@H](C)C[C@@H](C)CC)[C@H]2O)[C@@H](OC(C)=O)[C@H](C)Cc1ccccc1. The first-order valence-corrected chi connectivity index (χ1v) is 21.2. The van der Waals surface area contributed by atoms with Gasteiger partial charge in [0.2, 0.25) is 29.9 Å². The number of carboxylic acid groups (broad SMARTS) is 1. The van der Waals surface area contributed by atoms with Crippen molar-refractivity contribution in [2.75, 3.05) is 13.4 Å². The van der Waals surface area contributed by atoms with Crippen LogP contribution >= 0.6 is 0 Å². The molecule has 16 heteroatoms. The molecule has 2 fully saturated rings. The summed E-state index contributed by atoms with van der Waals surface area (Å²) in [5.41, 5.74) is -7.17. The van der Waals surface area contributed by atoms with Crippen LogP contribution in [0.5, 0.6) is 0 Å². The second-order valence-electron chi connectivity index (χ2n) is 18.0. The first kappa shape index (κ1) is 51.7. The van der Waals surface area contributed by atoms with Crippen LogP contribution in [0.2, 0.25) is 0 Å². The van der Waals surface area contributed by atoms with Crippen molar-refractivity contribution in [3.05, 3.63) is 60.2 Å². The van der Waals surface area contributed by atoms with Crippen LogP contribution in [0, 0.1) is 29.1 Å². The lowest BCUT2D eigenvalue weighted by Crippen LogP contribution is -2.78. The summed E-state index contributed by atoms with van der Waals surface area (Å²) in [4.78, 5) is 80.5. The molecule has 16 nitrogen and oxygen atoms in total. The number of carboxylic acids is 1. The van der Waals surface area contributed by atoms with E-state index in [0.29, 0.717) is 25.2 Å². The van der Waals surface area contributed by atoms with Gasteiger partial charge in [0, 0.05) is 25.3 Å². The minimum Gasteiger partial charge on any atom is -0.479 e. The third-order valence-corrected chi connectivity index (χ3v) is 11.2. The standard InChI is InChI=1S/C46H66O16/c1-12-28(4)24-29(5)18-19-34(48)60-37-36(49)44(22-20-30(6)35(59-32(8)47)31(7)25-33-16-14-13-15-17-33)61-38(39(50)56-23-21-27(2)3)45(55,46(37,62-44)40(51)52)42(54)58-26-57-41(53)43(9,10)11/h13-19,27-29,31,35-38,49,55H,6,12,20-26H2,1-5,7-11H3,(H,51,52)/b19-18+/t28-,29+,31+,35+,36+,37+,38?,44?,45?,46?/m0/s1. The number of aliphatic hydroxyl groups excluding tert-OH is 1. The Labute approximate surface area is 364 Å². The summed E-state index contributed by atoms with van der Waals surface area (Å²) < 4.78 is 39.1. The third kappa shape index (κ3) is 12.1. The molecule has 0 saturated carbocycles. The first-order valence-electron chi connectivity index (χ1n) is 21.2. The van der Waals surface area contributed by atoms with E-state index in [1.165, 1.54) is 33.8 Å². The van der Waals surface area contributed by atoms with Gasteiger partial charge in [-0.05, 0) is 75.3 Å². The van der Waals surface area contributed by atoms with Gasteiger partial charge in [-0.15, -0.1) is 0 Å². The average Bonchev–Trinajstić information content (AvgIpc) is 3.41. The highest BCUT2D eigenvalue weighted by Gasteiger charge is 2.86. The van der Waals surface area contributed by atoms with Crippen molar-refractivity contribution < 1.29 is 77.2 Å². The molecule has 2 aliphatic heterocycles. The van der Waals surface area contributed by atoms with E-state index >= 15 is 0 Å². The summed E-state index contributed by atoms with van der Waals surface area (Å²) in [5, 5.41) is 35.9. The molecule has 2 saturated heterocycles. The molecule has 0 amide bonds. The smallest absolute Gasteiger partial charge is 0.348 e. The van der Waals surface area contributed by atoms with Crippen LogP contribution in [-0.2, 0) is 68.3 Å². The zero-order valence-electron chi connectivity index (χ0n) is 37.7. The van der Waals surface area contributed by atoms with E-state index < -0.39 is 95.8 Å². The predicted octanol–water partition coefficient (Wildman–Crippen LogP) is 5.39. The Kier molecular flexibility index (Phi) is 18.0. The molecule has 4 unspecified atom stereocenters. The van der Waals surface area contributed by atoms with Crippen molar-refractivity contribution in [1.29, 1.82) is 0 Å². The summed E-state index contributed by atoms with van der Waals surface area (Å²) in [7, 11) is 0. The summed E-state index contributed by atoms with van der Waals surface area (Å²) in [6, 6.07) is 9.37. The van der Waals surface area contributed by atoms with E-state index in [9.17, 15) is 44.1 Å².